The highest BCUT2D eigenvalue weighted by molar-refractivity contribution is 5.90. The Hall–Kier alpha value is -1.66. The van der Waals surface area contributed by atoms with Gasteiger partial charge in [0.05, 0.1) is 6.61 Å². The molecule has 3 N–H and O–H groups in total. The first-order chi connectivity index (χ1) is 8.25. The van der Waals surface area contributed by atoms with Crippen LogP contribution in [0.4, 0.5) is 0 Å². The van der Waals surface area contributed by atoms with E-state index in [0.29, 0.717) is 19.1 Å². The van der Waals surface area contributed by atoms with Crippen LogP contribution in [0.15, 0.2) is 18.2 Å². The normalized spacial score (nSPS) is 19.9. The van der Waals surface area contributed by atoms with E-state index in [0.717, 1.165) is 13.1 Å². The van der Waals surface area contributed by atoms with Crippen LogP contribution in [0, 0.1) is 0 Å². The quantitative estimate of drug-likeness (QED) is 0.740. The molecule has 0 radical (unpaired) electrons. The lowest BCUT2D eigenvalue weighted by Gasteiger charge is -2.23. The van der Waals surface area contributed by atoms with Crippen molar-refractivity contribution in [2.24, 2.45) is 5.73 Å². The lowest BCUT2D eigenvalue weighted by Crippen LogP contribution is -2.41. The topological polar surface area (TPSA) is 86.5 Å². The first-order valence-electron chi connectivity index (χ1n) is 5.47. The lowest BCUT2D eigenvalue weighted by atomic mass is 10.3. The second kappa shape index (κ2) is 5.60. The van der Waals surface area contributed by atoms with Gasteiger partial charge in [0.1, 0.15) is 18.4 Å². The number of ether oxygens (including phenoxy) is 2. The number of nitrogens with one attached hydrogen (secondary N) is 1. The number of hydrogen-bond acceptors (Lipinski definition) is 5. The Labute approximate surface area is 99.1 Å². The van der Waals surface area contributed by atoms with Crippen LogP contribution in [0.3, 0.4) is 0 Å². The second-order valence-electron chi connectivity index (χ2n) is 3.73. The molecule has 1 aliphatic heterocycles. The molecule has 0 aromatic carbocycles. The molecule has 1 aliphatic rings. The first kappa shape index (κ1) is 11.8. The Balaban J connectivity index is 1.89. The molecule has 92 valence electrons. The summed E-state index contributed by atoms with van der Waals surface area (Å²) < 4.78 is 10.9. The Morgan fingerprint density at radius 3 is 3.24 bits per heavy atom. The Morgan fingerprint density at radius 2 is 2.53 bits per heavy atom. The van der Waals surface area contributed by atoms with E-state index in [9.17, 15) is 4.79 Å². The van der Waals surface area contributed by atoms with E-state index in [4.69, 9.17) is 15.2 Å². The molecule has 2 heterocycles. The first-order valence-corrected chi connectivity index (χ1v) is 5.47. The molecule has 1 fully saturated rings. The highest BCUT2D eigenvalue weighted by atomic mass is 16.5. The van der Waals surface area contributed by atoms with Crippen molar-refractivity contribution in [1.82, 2.24) is 10.3 Å². The van der Waals surface area contributed by atoms with Gasteiger partial charge in [-0.3, -0.25) is 4.79 Å². The van der Waals surface area contributed by atoms with Crippen molar-refractivity contribution in [3.05, 3.63) is 23.9 Å². The van der Waals surface area contributed by atoms with Crippen molar-refractivity contribution in [3.8, 4) is 5.88 Å². The van der Waals surface area contributed by atoms with Crippen molar-refractivity contribution >= 4 is 5.91 Å². The summed E-state index contributed by atoms with van der Waals surface area (Å²) in [7, 11) is 0. The summed E-state index contributed by atoms with van der Waals surface area (Å²) in [5.74, 6) is -0.179. The molecule has 6 nitrogen and oxygen atoms in total. The highest BCUT2D eigenvalue weighted by Crippen LogP contribution is 2.08. The van der Waals surface area contributed by atoms with E-state index in [2.05, 4.69) is 10.3 Å². The summed E-state index contributed by atoms with van der Waals surface area (Å²) in [6.07, 6.45) is 0.0165. The summed E-state index contributed by atoms with van der Waals surface area (Å²) in [5.41, 5.74) is 5.33. The van der Waals surface area contributed by atoms with E-state index >= 15 is 0 Å². The van der Waals surface area contributed by atoms with Crippen LogP contribution < -0.4 is 15.8 Å². The van der Waals surface area contributed by atoms with Crippen LogP contribution in [-0.2, 0) is 4.74 Å². The van der Waals surface area contributed by atoms with Crippen LogP contribution >= 0.6 is 0 Å². The summed E-state index contributed by atoms with van der Waals surface area (Å²) in [5, 5.41) is 3.20. The maximum absolute atomic E-state index is 10.9. The molecule has 1 saturated heterocycles. The van der Waals surface area contributed by atoms with Gasteiger partial charge in [0.25, 0.3) is 5.91 Å². The Kier molecular flexibility index (Phi) is 3.89. The van der Waals surface area contributed by atoms with E-state index < -0.39 is 5.91 Å². The molecule has 0 bridgehead atoms. The van der Waals surface area contributed by atoms with Gasteiger partial charge in [-0.25, -0.2) is 4.98 Å². The molecule has 6 heteroatoms. The summed E-state index contributed by atoms with van der Waals surface area (Å²) in [6, 6.07) is 4.92. The van der Waals surface area contributed by atoms with Gasteiger partial charge < -0.3 is 20.5 Å². The summed E-state index contributed by atoms with van der Waals surface area (Å²) in [6.45, 7) is 2.71. The molecule has 0 saturated carbocycles. The number of rotatable bonds is 4. The predicted molar refractivity (Wildman–Crippen MR) is 60.9 cm³/mol. The zero-order valence-electron chi connectivity index (χ0n) is 9.39. The third-order valence-electron chi connectivity index (χ3n) is 2.40. The smallest absolute Gasteiger partial charge is 0.267 e. The number of morpholine rings is 1. The van der Waals surface area contributed by atoms with Crippen LogP contribution in [0.2, 0.25) is 0 Å². The number of carbonyl (C=O) groups is 1. The number of hydrogen-bond donors (Lipinski definition) is 2. The van der Waals surface area contributed by atoms with Gasteiger partial charge in [0, 0.05) is 19.2 Å². The molecule has 1 aromatic rings. The minimum Gasteiger partial charge on any atom is -0.475 e. The van der Waals surface area contributed by atoms with E-state index in [-0.39, 0.29) is 11.8 Å². The van der Waals surface area contributed by atoms with Crippen molar-refractivity contribution in [3.63, 3.8) is 0 Å². The average Bonchev–Trinajstić information content (AvgIpc) is 2.38. The van der Waals surface area contributed by atoms with Crippen molar-refractivity contribution in [1.29, 1.82) is 0 Å². The lowest BCUT2D eigenvalue weighted by molar-refractivity contribution is -0.000764. The number of primary amides is 1. The Bertz CT molecular complexity index is 391. The summed E-state index contributed by atoms with van der Waals surface area (Å²) >= 11 is 0. The van der Waals surface area contributed by atoms with Gasteiger partial charge in [0.2, 0.25) is 5.88 Å². The fraction of sp³-hybridized carbons (Fsp3) is 0.455. The molecule has 2 rings (SSSR count). The average molecular weight is 237 g/mol. The molecular formula is C11H15N3O3. The maximum atomic E-state index is 10.9. The van der Waals surface area contributed by atoms with Crippen molar-refractivity contribution < 1.29 is 14.3 Å². The number of nitrogens with two attached hydrogens (primary N) is 1. The van der Waals surface area contributed by atoms with E-state index in [1.807, 2.05) is 0 Å². The van der Waals surface area contributed by atoms with Gasteiger partial charge in [-0.1, -0.05) is 6.07 Å². The maximum Gasteiger partial charge on any atom is 0.267 e. The van der Waals surface area contributed by atoms with Crippen molar-refractivity contribution in [2.75, 3.05) is 26.3 Å². The third-order valence-corrected chi connectivity index (χ3v) is 2.40. The SMILES string of the molecule is NC(=O)c1cccc(OCC2CNCCO2)n1. The molecule has 1 atom stereocenters. The van der Waals surface area contributed by atoms with Gasteiger partial charge in [-0.2, -0.15) is 0 Å². The largest absolute Gasteiger partial charge is 0.475 e. The van der Waals surface area contributed by atoms with E-state index in [1.54, 1.807) is 18.2 Å². The van der Waals surface area contributed by atoms with Gasteiger partial charge in [0.15, 0.2) is 0 Å². The second-order valence-corrected chi connectivity index (χ2v) is 3.73. The Morgan fingerprint density at radius 1 is 1.65 bits per heavy atom. The van der Waals surface area contributed by atoms with Crippen LogP contribution in [-0.4, -0.2) is 43.3 Å². The molecule has 1 unspecified atom stereocenters. The van der Waals surface area contributed by atoms with Gasteiger partial charge in [-0.15, -0.1) is 0 Å². The van der Waals surface area contributed by atoms with Crippen LogP contribution in [0.25, 0.3) is 0 Å². The predicted octanol–water partition coefficient (Wildman–Crippen LogP) is -0.452. The van der Waals surface area contributed by atoms with Crippen LogP contribution in [0.1, 0.15) is 10.5 Å². The highest BCUT2D eigenvalue weighted by Gasteiger charge is 2.14. The van der Waals surface area contributed by atoms with Crippen molar-refractivity contribution in [2.45, 2.75) is 6.10 Å². The fourth-order valence-corrected chi connectivity index (χ4v) is 1.54. The zero-order valence-corrected chi connectivity index (χ0v) is 9.39. The number of pyridine rings is 1. The number of aromatic nitrogens is 1. The minimum absolute atomic E-state index is 0.0165. The number of nitrogens with zero attached hydrogens (tertiary/aromatic N) is 1. The molecular weight excluding hydrogens is 222 g/mol. The van der Waals surface area contributed by atoms with E-state index in [1.165, 1.54) is 0 Å². The molecule has 17 heavy (non-hydrogen) atoms. The number of amides is 1. The molecule has 0 spiro atoms. The number of carbonyl (C=O) groups excluding carboxylic acids is 1. The zero-order chi connectivity index (χ0) is 12.1. The fourth-order valence-electron chi connectivity index (χ4n) is 1.54. The van der Waals surface area contributed by atoms with Gasteiger partial charge >= 0.3 is 0 Å². The molecule has 0 aliphatic carbocycles. The summed E-state index contributed by atoms with van der Waals surface area (Å²) in [4.78, 5) is 14.9. The minimum atomic E-state index is -0.564. The van der Waals surface area contributed by atoms with Crippen LogP contribution in [0.5, 0.6) is 5.88 Å². The monoisotopic (exact) mass is 237 g/mol. The molecule has 1 aromatic heterocycles. The standard InChI is InChI=1S/C11H15N3O3/c12-11(15)9-2-1-3-10(14-9)17-7-8-6-13-4-5-16-8/h1-3,8,13H,4-7H2,(H2,12,15). The molecule has 1 amide bonds. The third kappa shape index (κ3) is 3.40. The van der Waals surface area contributed by atoms with Gasteiger partial charge in [-0.05, 0) is 6.07 Å².